The highest BCUT2D eigenvalue weighted by Crippen LogP contribution is 2.28. The van der Waals surface area contributed by atoms with E-state index < -0.39 is 15.9 Å². The number of nitrogens with one attached hydrogen (secondary N) is 1. The van der Waals surface area contributed by atoms with Gasteiger partial charge in [-0.05, 0) is 36.2 Å². The zero-order valence-corrected chi connectivity index (χ0v) is 17.6. The van der Waals surface area contributed by atoms with Gasteiger partial charge in [0.1, 0.15) is 6.54 Å². The number of para-hydroxylation sites is 1. The second kappa shape index (κ2) is 8.67. The standard InChI is InChI=1S/C20H21ClN4O3S/c1-15-17(21)7-5-9-18(15)25(29(2,27)28)13-20(26)23-12-16-6-3-4-8-19(16)24-11-10-22-14-24/h3-11,14H,12-13H2,1-2H3,(H,23,26). The number of halogens is 1. The summed E-state index contributed by atoms with van der Waals surface area (Å²) in [5.41, 5.74) is 2.74. The highest BCUT2D eigenvalue weighted by molar-refractivity contribution is 7.92. The molecule has 1 N–H and O–H groups in total. The number of anilines is 1. The van der Waals surface area contributed by atoms with Crippen LogP contribution in [0.2, 0.25) is 5.02 Å². The van der Waals surface area contributed by atoms with Crippen LogP contribution in [0.25, 0.3) is 5.69 Å². The fourth-order valence-corrected chi connectivity index (χ4v) is 4.02. The minimum Gasteiger partial charge on any atom is -0.350 e. The average Bonchev–Trinajstić information content (AvgIpc) is 3.21. The SMILES string of the molecule is Cc1c(Cl)cccc1N(CC(=O)NCc1ccccc1-n1ccnc1)S(C)(=O)=O. The molecular weight excluding hydrogens is 412 g/mol. The summed E-state index contributed by atoms with van der Waals surface area (Å²) in [6.07, 6.45) is 6.23. The van der Waals surface area contributed by atoms with Crippen molar-refractivity contribution in [2.75, 3.05) is 17.1 Å². The van der Waals surface area contributed by atoms with E-state index in [-0.39, 0.29) is 13.1 Å². The molecule has 1 amide bonds. The average molecular weight is 433 g/mol. The minimum atomic E-state index is -3.68. The van der Waals surface area contributed by atoms with Gasteiger partial charge in [-0.2, -0.15) is 0 Å². The normalized spacial score (nSPS) is 11.3. The largest absolute Gasteiger partial charge is 0.350 e. The quantitative estimate of drug-likeness (QED) is 0.622. The number of sulfonamides is 1. The topological polar surface area (TPSA) is 84.3 Å². The van der Waals surface area contributed by atoms with Crippen LogP contribution in [0.1, 0.15) is 11.1 Å². The van der Waals surface area contributed by atoms with Crippen LogP contribution in [0, 0.1) is 6.92 Å². The van der Waals surface area contributed by atoms with Gasteiger partial charge in [0, 0.05) is 24.0 Å². The first-order valence-electron chi connectivity index (χ1n) is 8.83. The van der Waals surface area contributed by atoms with Gasteiger partial charge in [0.15, 0.2) is 0 Å². The van der Waals surface area contributed by atoms with E-state index in [0.717, 1.165) is 21.8 Å². The molecule has 1 heterocycles. The highest BCUT2D eigenvalue weighted by atomic mass is 35.5. The van der Waals surface area contributed by atoms with Crippen molar-refractivity contribution in [1.82, 2.24) is 14.9 Å². The fourth-order valence-electron chi connectivity index (χ4n) is 2.94. The third-order valence-corrected chi connectivity index (χ3v) is 5.98. The Labute approximate surface area is 175 Å². The summed E-state index contributed by atoms with van der Waals surface area (Å²) in [5.74, 6) is -0.421. The lowest BCUT2D eigenvalue weighted by atomic mass is 10.1. The molecule has 0 aliphatic carbocycles. The van der Waals surface area contributed by atoms with Crippen LogP contribution in [-0.2, 0) is 21.4 Å². The summed E-state index contributed by atoms with van der Waals surface area (Å²) in [6, 6.07) is 12.5. The van der Waals surface area contributed by atoms with E-state index in [0.29, 0.717) is 16.3 Å². The maximum atomic E-state index is 12.6. The number of carbonyl (C=O) groups excluding carboxylic acids is 1. The summed E-state index contributed by atoms with van der Waals surface area (Å²) in [6.45, 7) is 1.63. The third kappa shape index (κ3) is 4.96. The molecule has 0 unspecified atom stereocenters. The fraction of sp³-hybridized carbons (Fsp3) is 0.200. The number of carbonyl (C=O) groups is 1. The number of imidazole rings is 1. The first kappa shape index (κ1) is 20.9. The Morgan fingerprint density at radius 3 is 2.66 bits per heavy atom. The Morgan fingerprint density at radius 2 is 1.97 bits per heavy atom. The first-order chi connectivity index (χ1) is 13.8. The van der Waals surface area contributed by atoms with Crippen LogP contribution in [0.3, 0.4) is 0 Å². The van der Waals surface area contributed by atoms with Crippen LogP contribution in [0.15, 0.2) is 61.2 Å². The van der Waals surface area contributed by atoms with Gasteiger partial charge in [-0.3, -0.25) is 9.10 Å². The Morgan fingerprint density at radius 1 is 1.21 bits per heavy atom. The van der Waals surface area contributed by atoms with Gasteiger partial charge in [-0.25, -0.2) is 13.4 Å². The summed E-state index contributed by atoms with van der Waals surface area (Å²) in [7, 11) is -3.68. The lowest BCUT2D eigenvalue weighted by molar-refractivity contribution is -0.119. The molecule has 0 aliphatic heterocycles. The molecule has 0 bridgehead atoms. The van der Waals surface area contributed by atoms with E-state index in [4.69, 9.17) is 11.6 Å². The van der Waals surface area contributed by atoms with Crippen LogP contribution in [0.4, 0.5) is 5.69 Å². The molecule has 1 aromatic heterocycles. The summed E-state index contributed by atoms with van der Waals surface area (Å²) in [4.78, 5) is 16.6. The molecule has 152 valence electrons. The van der Waals surface area contributed by atoms with E-state index in [1.165, 1.54) is 0 Å². The van der Waals surface area contributed by atoms with Crippen LogP contribution >= 0.6 is 11.6 Å². The van der Waals surface area contributed by atoms with Gasteiger partial charge in [-0.15, -0.1) is 0 Å². The van der Waals surface area contributed by atoms with Crippen molar-refractivity contribution in [3.8, 4) is 5.69 Å². The number of rotatable bonds is 7. The second-order valence-electron chi connectivity index (χ2n) is 6.53. The number of hydrogen-bond acceptors (Lipinski definition) is 4. The van der Waals surface area contributed by atoms with Gasteiger partial charge in [0.25, 0.3) is 0 Å². The highest BCUT2D eigenvalue weighted by Gasteiger charge is 2.23. The molecule has 2 aromatic carbocycles. The van der Waals surface area contributed by atoms with Gasteiger partial charge in [0.05, 0.1) is 24.0 Å². The Bertz CT molecular complexity index is 1110. The molecule has 0 spiro atoms. The first-order valence-corrected chi connectivity index (χ1v) is 11.1. The van der Waals surface area contributed by atoms with E-state index >= 15 is 0 Å². The molecule has 3 rings (SSSR count). The van der Waals surface area contributed by atoms with Gasteiger partial charge < -0.3 is 9.88 Å². The predicted octanol–water partition coefficient (Wildman–Crippen LogP) is 2.92. The lowest BCUT2D eigenvalue weighted by Gasteiger charge is -2.24. The zero-order chi connectivity index (χ0) is 21.0. The Hall–Kier alpha value is -2.84. The zero-order valence-electron chi connectivity index (χ0n) is 16.0. The molecule has 0 radical (unpaired) electrons. The van der Waals surface area contributed by atoms with Crippen LogP contribution in [0.5, 0.6) is 0 Å². The van der Waals surface area contributed by atoms with Crippen molar-refractivity contribution in [2.45, 2.75) is 13.5 Å². The molecule has 3 aromatic rings. The van der Waals surface area contributed by atoms with Gasteiger partial charge in [0.2, 0.25) is 15.9 Å². The Kier molecular flexibility index (Phi) is 6.24. The van der Waals surface area contributed by atoms with Crippen molar-refractivity contribution in [2.24, 2.45) is 0 Å². The van der Waals surface area contributed by atoms with E-state index in [9.17, 15) is 13.2 Å². The summed E-state index contributed by atoms with van der Waals surface area (Å²) >= 11 is 6.12. The number of nitrogens with zero attached hydrogens (tertiary/aromatic N) is 3. The van der Waals surface area contributed by atoms with Gasteiger partial charge in [-0.1, -0.05) is 35.9 Å². The van der Waals surface area contributed by atoms with Crippen molar-refractivity contribution < 1.29 is 13.2 Å². The maximum Gasteiger partial charge on any atom is 0.241 e. The number of benzene rings is 2. The molecule has 7 nitrogen and oxygen atoms in total. The number of amides is 1. The number of aromatic nitrogens is 2. The smallest absolute Gasteiger partial charge is 0.241 e. The third-order valence-electron chi connectivity index (χ3n) is 4.45. The number of hydrogen-bond donors (Lipinski definition) is 1. The van der Waals surface area contributed by atoms with Crippen molar-refractivity contribution in [1.29, 1.82) is 0 Å². The van der Waals surface area contributed by atoms with E-state index in [1.807, 2.05) is 35.0 Å². The van der Waals surface area contributed by atoms with Crippen LogP contribution < -0.4 is 9.62 Å². The second-order valence-corrected chi connectivity index (χ2v) is 8.84. The monoisotopic (exact) mass is 432 g/mol. The molecule has 0 fully saturated rings. The minimum absolute atomic E-state index is 0.249. The van der Waals surface area contributed by atoms with Crippen molar-refractivity contribution in [3.63, 3.8) is 0 Å². The molecule has 0 saturated heterocycles. The summed E-state index contributed by atoms with van der Waals surface area (Å²) in [5, 5.41) is 3.23. The van der Waals surface area contributed by atoms with E-state index in [2.05, 4.69) is 10.3 Å². The molecule has 0 atom stereocenters. The Balaban J connectivity index is 1.77. The van der Waals surface area contributed by atoms with E-state index in [1.54, 1.807) is 37.6 Å². The predicted molar refractivity (Wildman–Crippen MR) is 114 cm³/mol. The lowest BCUT2D eigenvalue weighted by Crippen LogP contribution is -2.40. The summed E-state index contributed by atoms with van der Waals surface area (Å²) < 4.78 is 27.5. The van der Waals surface area contributed by atoms with Gasteiger partial charge >= 0.3 is 0 Å². The molecular formula is C20H21ClN4O3S. The van der Waals surface area contributed by atoms with Crippen molar-refractivity contribution >= 4 is 33.2 Å². The van der Waals surface area contributed by atoms with Crippen molar-refractivity contribution in [3.05, 3.63) is 77.3 Å². The maximum absolute atomic E-state index is 12.6. The molecule has 9 heteroatoms. The van der Waals surface area contributed by atoms with Crippen LogP contribution in [-0.4, -0.2) is 36.7 Å². The molecule has 29 heavy (non-hydrogen) atoms. The molecule has 0 saturated carbocycles. The molecule has 0 aliphatic rings.